The van der Waals surface area contributed by atoms with Gasteiger partial charge in [-0.2, -0.15) is 5.10 Å². The Morgan fingerprint density at radius 2 is 1.79 bits per heavy atom. The highest BCUT2D eigenvalue weighted by atomic mass is 16.4. The number of aromatic nitrogens is 4. The number of fused-ring (bicyclic) bond motifs is 1. The standard InChI is InChI=1S/C25H30N6O.C2H2O4/c1-29(15-25(32)16-30(17-25)13-20-5-3-2-4-6-20)10-9-22-12-27-24-8-7-21(11-23(22)24)14-31-19-26-18-28-31;3-1(4)2(5)6/h2-8,11-12,18-19,27,32H,9-10,13-17H2,1H3;(H,3,4)(H,5,6). The minimum absolute atomic E-state index is 0.616. The van der Waals surface area contributed by atoms with Crippen LogP contribution >= 0.6 is 0 Å². The number of carbonyl (C=O) groups is 2. The van der Waals surface area contributed by atoms with E-state index in [2.05, 4.69) is 80.6 Å². The van der Waals surface area contributed by atoms with Crippen molar-refractivity contribution in [1.29, 1.82) is 0 Å². The van der Waals surface area contributed by atoms with Crippen LogP contribution in [0.15, 0.2) is 67.4 Å². The molecule has 38 heavy (non-hydrogen) atoms. The smallest absolute Gasteiger partial charge is 0.414 e. The van der Waals surface area contributed by atoms with E-state index in [9.17, 15) is 5.11 Å². The SMILES string of the molecule is CN(CCc1c[nH]c2ccc(Cn3cncn3)cc12)CC1(O)CN(Cc2ccccc2)C1.O=C(O)C(=O)O. The quantitative estimate of drug-likeness (QED) is 0.242. The molecule has 11 heteroatoms. The van der Waals surface area contributed by atoms with Crippen molar-refractivity contribution < 1.29 is 24.9 Å². The number of rotatable bonds is 9. The van der Waals surface area contributed by atoms with E-state index in [0.29, 0.717) is 13.1 Å². The molecule has 4 aromatic rings. The van der Waals surface area contributed by atoms with Gasteiger partial charge in [0.15, 0.2) is 0 Å². The Balaban J connectivity index is 0.000000505. The zero-order valence-corrected chi connectivity index (χ0v) is 21.2. The van der Waals surface area contributed by atoms with Crippen molar-refractivity contribution in [3.63, 3.8) is 0 Å². The minimum Gasteiger partial charge on any atom is -0.473 e. The summed E-state index contributed by atoms with van der Waals surface area (Å²) in [5, 5.41) is 31.2. The van der Waals surface area contributed by atoms with Crippen molar-refractivity contribution in [2.75, 3.05) is 33.2 Å². The molecule has 0 spiro atoms. The summed E-state index contributed by atoms with van der Waals surface area (Å²) >= 11 is 0. The van der Waals surface area contributed by atoms with E-state index in [-0.39, 0.29) is 0 Å². The number of carboxylic acid groups (broad SMARTS) is 2. The van der Waals surface area contributed by atoms with Crippen LogP contribution < -0.4 is 0 Å². The number of aromatic amines is 1. The summed E-state index contributed by atoms with van der Waals surface area (Å²) in [6.07, 6.45) is 6.35. The Morgan fingerprint density at radius 1 is 1.05 bits per heavy atom. The summed E-state index contributed by atoms with van der Waals surface area (Å²) in [7, 11) is 2.10. The Hall–Kier alpha value is -4.06. The van der Waals surface area contributed by atoms with Crippen LogP contribution in [0.2, 0.25) is 0 Å². The highest BCUT2D eigenvalue weighted by Crippen LogP contribution is 2.25. The largest absolute Gasteiger partial charge is 0.473 e. The zero-order chi connectivity index (χ0) is 27.1. The van der Waals surface area contributed by atoms with Gasteiger partial charge < -0.3 is 25.2 Å². The molecule has 0 radical (unpaired) electrons. The third-order valence-electron chi connectivity index (χ3n) is 6.44. The molecule has 0 unspecified atom stereocenters. The Labute approximate surface area is 220 Å². The lowest BCUT2D eigenvalue weighted by molar-refractivity contribution is -0.159. The molecule has 2 aromatic heterocycles. The first-order valence-electron chi connectivity index (χ1n) is 12.3. The molecular formula is C27H32N6O5. The van der Waals surface area contributed by atoms with Gasteiger partial charge in [-0.15, -0.1) is 0 Å². The first-order chi connectivity index (χ1) is 18.2. The Morgan fingerprint density at radius 3 is 2.45 bits per heavy atom. The third kappa shape index (κ3) is 7.25. The Kier molecular flexibility index (Phi) is 8.52. The van der Waals surface area contributed by atoms with Crippen LogP contribution in [0.1, 0.15) is 16.7 Å². The number of likely N-dealkylation sites (N-methyl/N-ethyl adjacent to an activating group) is 1. The van der Waals surface area contributed by atoms with Gasteiger partial charge in [-0.1, -0.05) is 36.4 Å². The van der Waals surface area contributed by atoms with Crippen LogP contribution in [-0.4, -0.2) is 95.6 Å². The van der Waals surface area contributed by atoms with Gasteiger partial charge in [0.1, 0.15) is 18.3 Å². The van der Waals surface area contributed by atoms with Crippen LogP contribution in [-0.2, 0) is 29.1 Å². The zero-order valence-electron chi connectivity index (χ0n) is 21.2. The van der Waals surface area contributed by atoms with E-state index < -0.39 is 17.5 Å². The summed E-state index contributed by atoms with van der Waals surface area (Å²) in [5.74, 6) is -3.65. The maximum atomic E-state index is 10.9. The van der Waals surface area contributed by atoms with Gasteiger partial charge in [0.2, 0.25) is 0 Å². The van der Waals surface area contributed by atoms with Crippen LogP contribution in [0.3, 0.4) is 0 Å². The average molecular weight is 521 g/mol. The number of carboxylic acids is 2. The fraction of sp³-hybridized carbons (Fsp3) is 0.333. The molecule has 1 aliphatic heterocycles. The van der Waals surface area contributed by atoms with Crippen molar-refractivity contribution >= 4 is 22.8 Å². The molecule has 1 fully saturated rings. The summed E-state index contributed by atoms with van der Waals surface area (Å²) in [5.41, 5.74) is 4.34. The molecule has 3 heterocycles. The topological polar surface area (TPSA) is 148 Å². The van der Waals surface area contributed by atoms with Crippen LogP contribution in [0.4, 0.5) is 0 Å². The number of β-amino-alcohol motifs (C(OH)–C–C–N with tert-alkyl or cyclic N) is 1. The number of H-pyrrole nitrogens is 1. The molecule has 4 N–H and O–H groups in total. The molecule has 0 amide bonds. The monoisotopic (exact) mass is 520 g/mol. The van der Waals surface area contributed by atoms with Gasteiger partial charge in [0, 0.05) is 49.8 Å². The number of hydrogen-bond acceptors (Lipinski definition) is 7. The van der Waals surface area contributed by atoms with E-state index in [4.69, 9.17) is 19.8 Å². The van der Waals surface area contributed by atoms with E-state index >= 15 is 0 Å². The summed E-state index contributed by atoms with van der Waals surface area (Å²) in [6, 6.07) is 17.0. The molecule has 0 aliphatic carbocycles. The molecule has 0 atom stereocenters. The van der Waals surface area contributed by atoms with Gasteiger partial charge in [0.05, 0.1) is 6.54 Å². The van der Waals surface area contributed by atoms with Crippen molar-refractivity contribution in [3.05, 3.63) is 84.1 Å². The van der Waals surface area contributed by atoms with E-state index in [1.165, 1.54) is 22.1 Å². The molecule has 0 saturated carbocycles. The molecule has 1 aliphatic rings. The lowest BCUT2D eigenvalue weighted by atomic mass is 9.92. The minimum atomic E-state index is -1.82. The fourth-order valence-electron chi connectivity index (χ4n) is 4.76. The molecule has 1 saturated heterocycles. The number of aliphatic carboxylic acids is 2. The van der Waals surface area contributed by atoms with Gasteiger partial charge in [-0.25, -0.2) is 19.3 Å². The molecular weight excluding hydrogens is 488 g/mol. The number of likely N-dealkylation sites (tertiary alicyclic amines) is 1. The normalized spacial score (nSPS) is 14.6. The number of benzene rings is 2. The number of nitrogens with zero attached hydrogens (tertiary/aromatic N) is 5. The number of aliphatic hydroxyl groups is 1. The second-order valence-electron chi connectivity index (χ2n) is 9.74. The van der Waals surface area contributed by atoms with Gasteiger partial charge in [0.25, 0.3) is 0 Å². The van der Waals surface area contributed by atoms with Gasteiger partial charge in [-0.3, -0.25) is 4.90 Å². The van der Waals surface area contributed by atoms with Crippen LogP contribution in [0.5, 0.6) is 0 Å². The number of nitrogens with one attached hydrogen (secondary N) is 1. The maximum absolute atomic E-state index is 10.9. The summed E-state index contributed by atoms with van der Waals surface area (Å²) in [4.78, 5) is 30.2. The van der Waals surface area contributed by atoms with Crippen molar-refractivity contribution in [3.8, 4) is 0 Å². The second-order valence-corrected chi connectivity index (χ2v) is 9.74. The summed E-state index contributed by atoms with van der Waals surface area (Å²) in [6.45, 7) is 4.67. The average Bonchev–Trinajstić information content (AvgIpc) is 3.52. The maximum Gasteiger partial charge on any atom is 0.414 e. The molecule has 2 aromatic carbocycles. The first-order valence-corrected chi connectivity index (χ1v) is 12.3. The predicted octanol–water partition coefficient (Wildman–Crippen LogP) is 1.68. The van der Waals surface area contributed by atoms with E-state index in [1.54, 1.807) is 12.7 Å². The van der Waals surface area contributed by atoms with E-state index in [1.807, 2.05) is 10.7 Å². The highest BCUT2D eigenvalue weighted by Gasteiger charge is 2.41. The first kappa shape index (κ1) is 27.0. The van der Waals surface area contributed by atoms with Crippen molar-refractivity contribution in [2.45, 2.75) is 25.1 Å². The molecule has 5 rings (SSSR count). The lowest BCUT2D eigenvalue weighted by Crippen LogP contribution is -2.65. The third-order valence-corrected chi connectivity index (χ3v) is 6.44. The molecule has 200 valence electrons. The van der Waals surface area contributed by atoms with Crippen molar-refractivity contribution in [1.82, 2.24) is 29.5 Å². The molecule has 0 bridgehead atoms. The second kappa shape index (κ2) is 12.0. The predicted molar refractivity (Wildman–Crippen MR) is 141 cm³/mol. The van der Waals surface area contributed by atoms with E-state index in [0.717, 1.165) is 38.1 Å². The van der Waals surface area contributed by atoms with Crippen LogP contribution in [0.25, 0.3) is 10.9 Å². The Bertz CT molecular complexity index is 1340. The lowest BCUT2D eigenvalue weighted by Gasteiger charge is -2.48. The highest BCUT2D eigenvalue weighted by molar-refractivity contribution is 6.27. The summed E-state index contributed by atoms with van der Waals surface area (Å²) < 4.78 is 1.83. The van der Waals surface area contributed by atoms with Gasteiger partial charge in [-0.05, 0) is 42.3 Å². The van der Waals surface area contributed by atoms with Gasteiger partial charge >= 0.3 is 11.9 Å². The number of hydrogen-bond donors (Lipinski definition) is 4. The van der Waals surface area contributed by atoms with Crippen molar-refractivity contribution in [2.24, 2.45) is 0 Å². The fourth-order valence-corrected chi connectivity index (χ4v) is 4.76. The van der Waals surface area contributed by atoms with Crippen LogP contribution in [0, 0.1) is 0 Å². The molecule has 11 nitrogen and oxygen atoms in total.